The Bertz CT molecular complexity index is 369. The van der Waals surface area contributed by atoms with Crippen LogP contribution in [0.2, 0.25) is 0 Å². The van der Waals surface area contributed by atoms with Crippen molar-refractivity contribution in [1.29, 1.82) is 0 Å². The Kier molecular flexibility index (Phi) is 3.46. The summed E-state index contributed by atoms with van der Waals surface area (Å²) in [5.41, 5.74) is 7.71. The number of phenols is 1. The van der Waals surface area contributed by atoms with Gasteiger partial charge >= 0.3 is 0 Å². The zero-order valence-electron chi connectivity index (χ0n) is 9.63. The van der Waals surface area contributed by atoms with E-state index in [1.54, 1.807) is 0 Å². The van der Waals surface area contributed by atoms with Crippen LogP contribution in [0.3, 0.4) is 0 Å². The molecule has 1 aromatic rings. The minimum absolute atomic E-state index is 0.0648. The molecule has 0 radical (unpaired) electrons. The van der Waals surface area contributed by atoms with Gasteiger partial charge in [-0.05, 0) is 30.0 Å². The van der Waals surface area contributed by atoms with Gasteiger partial charge in [0.05, 0.1) is 0 Å². The van der Waals surface area contributed by atoms with Crippen LogP contribution in [0, 0.1) is 12.3 Å². The normalized spacial score (nSPS) is 14.0. The maximum absolute atomic E-state index is 9.95. The van der Waals surface area contributed by atoms with E-state index < -0.39 is 0 Å². The van der Waals surface area contributed by atoms with Gasteiger partial charge in [-0.3, -0.25) is 0 Å². The SMILES string of the molecule is Cc1cc(Br)cc([C@@H](N)C(C)(C)C)c1O. The average Bonchev–Trinajstić information content (AvgIpc) is 2.08. The van der Waals surface area contributed by atoms with Crippen LogP contribution in [0.15, 0.2) is 16.6 Å². The van der Waals surface area contributed by atoms with E-state index in [1.807, 2.05) is 19.1 Å². The quantitative estimate of drug-likeness (QED) is 0.821. The lowest BCUT2D eigenvalue weighted by atomic mass is 9.82. The van der Waals surface area contributed by atoms with Crippen LogP contribution in [0.1, 0.15) is 37.9 Å². The fraction of sp³-hybridized carbons (Fsp3) is 0.500. The fourth-order valence-electron chi connectivity index (χ4n) is 1.47. The smallest absolute Gasteiger partial charge is 0.123 e. The number of aromatic hydroxyl groups is 1. The topological polar surface area (TPSA) is 46.2 Å². The van der Waals surface area contributed by atoms with Gasteiger partial charge in [0.25, 0.3) is 0 Å². The number of hydrogen-bond donors (Lipinski definition) is 2. The number of rotatable bonds is 1. The molecule has 1 rings (SSSR count). The van der Waals surface area contributed by atoms with Gasteiger partial charge in [-0.1, -0.05) is 36.7 Å². The molecule has 0 saturated heterocycles. The molecule has 1 atom stereocenters. The number of hydrogen-bond acceptors (Lipinski definition) is 2. The molecule has 3 N–H and O–H groups in total. The first kappa shape index (κ1) is 12.5. The van der Waals surface area contributed by atoms with Crippen molar-refractivity contribution in [3.8, 4) is 5.75 Å². The van der Waals surface area contributed by atoms with Crippen molar-refractivity contribution >= 4 is 15.9 Å². The molecule has 84 valence electrons. The van der Waals surface area contributed by atoms with Crippen molar-refractivity contribution in [2.75, 3.05) is 0 Å². The summed E-state index contributed by atoms with van der Waals surface area (Å²) in [5, 5.41) is 9.95. The first-order valence-electron chi connectivity index (χ1n) is 4.98. The lowest BCUT2D eigenvalue weighted by molar-refractivity contribution is 0.317. The highest BCUT2D eigenvalue weighted by Gasteiger charge is 2.25. The van der Waals surface area contributed by atoms with Crippen LogP contribution >= 0.6 is 15.9 Å². The summed E-state index contributed by atoms with van der Waals surface area (Å²) in [5.74, 6) is 0.306. The van der Waals surface area contributed by atoms with Gasteiger partial charge in [0.15, 0.2) is 0 Å². The first-order valence-corrected chi connectivity index (χ1v) is 5.77. The third kappa shape index (κ3) is 2.73. The van der Waals surface area contributed by atoms with Crippen LogP contribution in [0.5, 0.6) is 5.75 Å². The van der Waals surface area contributed by atoms with Gasteiger partial charge in [0.1, 0.15) is 5.75 Å². The van der Waals surface area contributed by atoms with Crippen molar-refractivity contribution in [3.05, 3.63) is 27.7 Å². The molecule has 0 aliphatic carbocycles. The van der Waals surface area contributed by atoms with E-state index in [4.69, 9.17) is 5.73 Å². The van der Waals surface area contributed by atoms with Crippen LogP contribution < -0.4 is 5.73 Å². The van der Waals surface area contributed by atoms with Crippen LogP contribution in [-0.2, 0) is 0 Å². The minimum Gasteiger partial charge on any atom is -0.507 e. The van der Waals surface area contributed by atoms with Gasteiger partial charge < -0.3 is 10.8 Å². The molecule has 3 heteroatoms. The van der Waals surface area contributed by atoms with Crippen LogP contribution in [0.4, 0.5) is 0 Å². The maximum atomic E-state index is 9.95. The maximum Gasteiger partial charge on any atom is 0.123 e. The second-order valence-electron chi connectivity index (χ2n) is 5.00. The van der Waals surface area contributed by atoms with Crippen molar-refractivity contribution < 1.29 is 5.11 Å². The first-order chi connectivity index (χ1) is 6.73. The Balaban J connectivity index is 3.25. The molecule has 2 nitrogen and oxygen atoms in total. The molecule has 15 heavy (non-hydrogen) atoms. The zero-order chi connectivity index (χ0) is 11.8. The van der Waals surface area contributed by atoms with E-state index >= 15 is 0 Å². The monoisotopic (exact) mass is 271 g/mol. The summed E-state index contributed by atoms with van der Waals surface area (Å²) < 4.78 is 0.951. The summed E-state index contributed by atoms with van der Waals surface area (Å²) in [6, 6.07) is 3.60. The lowest BCUT2D eigenvalue weighted by Crippen LogP contribution is -2.26. The molecule has 0 aromatic heterocycles. The van der Waals surface area contributed by atoms with Gasteiger partial charge in [-0.15, -0.1) is 0 Å². The van der Waals surface area contributed by atoms with Crippen molar-refractivity contribution in [1.82, 2.24) is 0 Å². The highest BCUT2D eigenvalue weighted by Crippen LogP contribution is 2.38. The predicted molar refractivity (Wildman–Crippen MR) is 66.9 cm³/mol. The standard InChI is InChI=1S/C12H18BrNO/c1-7-5-8(13)6-9(10(7)15)11(14)12(2,3)4/h5-6,11,15H,14H2,1-4H3/t11-/m1/s1. The number of aryl methyl sites for hydroxylation is 1. The van der Waals surface area contributed by atoms with Crippen molar-refractivity contribution in [3.63, 3.8) is 0 Å². The Morgan fingerprint density at radius 1 is 1.33 bits per heavy atom. The van der Waals surface area contributed by atoms with E-state index in [1.165, 1.54) is 0 Å². The fourth-order valence-corrected chi connectivity index (χ4v) is 2.06. The highest BCUT2D eigenvalue weighted by molar-refractivity contribution is 9.10. The van der Waals surface area contributed by atoms with E-state index in [0.29, 0.717) is 5.75 Å². The second kappa shape index (κ2) is 4.14. The predicted octanol–water partition coefficient (Wildman–Crippen LogP) is 3.51. The van der Waals surface area contributed by atoms with Gasteiger partial charge in [0, 0.05) is 16.1 Å². The Hall–Kier alpha value is -0.540. The zero-order valence-corrected chi connectivity index (χ0v) is 11.2. The van der Waals surface area contributed by atoms with E-state index in [9.17, 15) is 5.11 Å². The van der Waals surface area contributed by atoms with Crippen LogP contribution in [0.25, 0.3) is 0 Å². The van der Waals surface area contributed by atoms with Gasteiger partial charge in [-0.25, -0.2) is 0 Å². The number of phenolic OH excluding ortho intramolecular Hbond substituents is 1. The molecule has 0 amide bonds. The van der Waals surface area contributed by atoms with Crippen molar-refractivity contribution in [2.45, 2.75) is 33.7 Å². The molecule has 0 aliphatic rings. The Morgan fingerprint density at radius 2 is 1.87 bits per heavy atom. The molecule has 0 unspecified atom stereocenters. The second-order valence-corrected chi connectivity index (χ2v) is 5.92. The summed E-state index contributed by atoms with van der Waals surface area (Å²) in [6.07, 6.45) is 0. The minimum atomic E-state index is -0.173. The van der Waals surface area contributed by atoms with E-state index in [0.717, 1.165) is 15.6 Å². The molecule has 0 aliphatic heterocycles. The molecule has 0 heterocycles. The van der Waals surface area contributed by atoms with Crippen LogP contribution in [-0.4, -0.2) is 5.11 Å². The van der Waals surface area contributed by atoms with Gasteiger partial charge in [-0.2, -0.15) is 0 Å². The highest BCUT2D eigenvalue weighted by atomic mass is 79.9. The molecule has 0 saturated carbocycles. The Labute approximate surface area is 99.6 Å². The van der Waals surface area contributed by atoms with E-state index in [-0.39, 0.29) is 11.5 Å². The molecular weight excluding hydrogens is 254 g/mol. The largest absolute Gasteiger partial charge is 0.507 e. The van der Waals surface area contributed by atoms with Gasteiger partial charge in [0.2, 0.25) is 0 Å². The third-order valence-electron chi connectivity index (χ3n) is 2.56. The molecular formula is C12H18BrNO. The van der Waals surface area contributed by atoms with E-state index in [2.05, 4.69) is 36.7 Å². The number of nitrogens with two attached hydrogens (primary N) is 1. The summed E-state index contributed by atoms with van der Waals surface area (Å²) in [6.45, 7) is 8.06. The molecule has 0 spiro atoms. The summed E-state index contributed by atoms with van der Waals surface area (Å²) in [4.78, 5) is 0. The molecule has 0 bridgehead atoms. The average molecular weight is 272 g/mol. The van der Waals surface area contributed by atoms with Crippen molar-refractivity contribution in [2.24, 2.45) is 11.1 Å². The lowest BCUT2D eigenvalue weighted by Gasteiger charge is -2.28. The Morgan fingerprint density at radius 3 is 2.33 bits per heavy atom. The third-order valence-corrected chi connectivity index (χ3v) is 3.02. The summed E-state index contributed by atoms with van der Waals surface area (Å²) >= 11 is 3.42. The number of benzene rings is 1. The number of halogens is 1. The molecule has 0 fully saturated rings. The summed E-state index contributed by atoms with van der Waals surface area (Å²) in [7, 11) is 0. The molecule has 1 aromatic carbocycles.